The van der Waals surface area contributed by atoms with Crippen molar-refractivity contribution in [1.82, 2.24) is 29.5 Å². The van der Waals surface area contributed by atoms with Crippen LogP contribution in [-0.2, 0) is 0 Å². The molecule has 294 valence electrons. The van der Waals surface area contributed by atoms with Crippen LogP contribution in [0.1, 0.15) is 0 Å². The third-order valence-electron chi connectivity index (χ3n) is 12.0. The lowest BCUT2D eigenvalue weighted by Crippen LogP contribution is -2.00. The van der Waals surface area contributed by atoms with Crippen molar-refractivity contribution in [2.75, 3.05) is 0 Å². The van der Waals surface area contributed by atoms with Crippen molar-refractivity contribution in [2.24, 2.45) is 0 Å². The van der Waals surface area contributed by atoms with E-state index in [0.29, 0.717) is 23.1 Å². The minimum atomic E-state index is 0.506. The van der Waals surface area contributed by atoms with Crippen LogP contribution in [-0.4, -0.2) is 29.5 Å². The smallest absolute Gasteiger partial charge is 0.167 e. The van der Waals surface area contributed by atoms with Crippen LogP contribution in [0.5, 0.6) is 0 Å². The van der Waals surface area contributed by atoms with Crippen molar-refractivity contribution in [3.05, 3.63) is 195 Å². The maximum atomic E-state index is 7.05. The van der Waals surface area contributed by atoms with E-state index in [2.05, 4.69) is 125 Å². The van der Waals surface area contributed by atoms with Crippen molar-refractivity contribution in [1.29, 1.82) is 0 Å². The fourth-order valence-corrected chi connectivity index (χ4v) is 9.16. The highest BCUT2D eigenvalue weighted by Crippen LogP contribution is 2.42. The Kier molecular flexibility index (Phi) is 7.74. The van der Waals surface area contributed by atoms with E-state index in [0.717, 1.165) is 105 Å². The Balaban J connectivity index is 1.02. The Bertz CT molecular complexity index is 3930. The molecule has 0 aliphatic rings. The van der Waals surface area contributed by atoms with Crippen molar-refractivity contribution in [2.45, 2.75) is 0 Å². The fourth-order valence-electron chi connectivity index (χ4n) is 9.16. The van der Waals surface area contributed by atoms with Crippen molar-refractivity contribution in [3.8, 4) is 62.1 Å². The van der Waals surface area contributed by atoms with E-state index in [1.54, 1.807) is 6.33 Å². The normalized spacial score (nSPS) is 11.8. The third-order valence-corrected chi connectivity index (χ3v) is 12.0. The summed E-state index contributed by atoms with van der Waals surface area (Å²) in [6, 6.07) is 62.2. The topological polar surface area (TPSA) is 95.7 Å². The van der Waals surface area contributed by atoms with Gasteiger partial charge in [0.2, 0.25) is 0 Å². The molecule has 0 bridgehead atoms. The summed E-state index contributed by atoms with van der Waals surface area (Å²) in [4.78, 5) is 24.8. The van der Waals surface area contributed by atoms with Crippen LogP contribution in [0, 0.1) is 0 Å². The van der Waals surface area contributed by atoms with Crippen molar-refractivity contribution in [3.63, 3.8) is 0 Å². The summed E-state index contributed by atoms with van der Waals surface area (Å²) < 4.78 is 15.6. The lowest BCUT2D eigenvalue weighted by atomic mass is 10.0. The number of nitrogens with zero attached hydrogens (tertiary/aromatic N) is 6. The second-order valence-corrected chi connectivity index (χ2v) is 15.7. The molecule has 0 atom stereocenters. The van der Waals surface area contributed by atoms with Gasteiger partial charge in [-0.05, 0) is 65.2 Å². The summed E-state index contributed by atoms with van der Waals surface area (Å²) in [6.07, 6.45) is 3.49. The van der Waals surface area contributed by atoms with Crippen LogP contribution in [0.25, 0.3) is 128 Å². The molecule has 63 heavy (non-hydrogen) atoms. The van der Waals surface area contributed by atoms with Gasteiger partial charge in [-0.2, -0.15) is 0 Å². The van der Waals surface area contributed by atoms with Gasteiger partial charge in [0.05, 0.1) is 28.3 Å². The van der Waals surface area contributed by atoms with Gasteiger partial charge in [-0.3, -0.25) is 0 Å². The Hall–Kier alpha value is -8.75. The molecule has 8 nitrogen and oxygen atoms in total. The van der Waals surface area contributed by atoms with E-state index in [9.17, 15) is 0 Å². The predicted molar refractivity (Wildman–Crippen MR) is 251 cm³/mol. The lowest BCUT2D eigenvalue weighted by Gasteiger charge is -2.10. The highest BCUT2D eigenvalue weighted by atomic mass is 16.3. The van der Waals surface area contributed by atoms with E-state index in [-0.39, 0.29) is 0 Å². The molecule has 0 aliphatic carbocycles. The molecule has 8 heteroatoms. The molecule has 0 radical (unpaired) electrons. The third kappa shape index (κ3) is 5.58. The SMILES string of the molecule is c1ccc(-c2cccc(-c3nc(-c4cccc5c4oc4c(-c6ccc7c8ncncc8n(-c8ccccc8)c7c6)cccc45)nc(-c4cccc5oc6ccccc6c45)n3)c2)cc1. The van der Waals surface area contributed by atoms with Gasteiger partial charge in [0.15, 0.2) is 17.5 Å². The Morgan fingerprint density at radius 3 is 1.89 bits per heavy atom. The van der Waals surface area contributed by atoms with Crippen LogP contribution in [0.2, 0.25) is 0 Å². The molecule has 0 aliphatic heterocycles. The summed E-state index contributed by atoms with van der Waals surface area (Å²) in [5, 5.41) is 4.97. The first-order chi connectivity index (χ1) is 31.2. The first-order valence-corrected chi connectivity index (χ1v) is 20.8. The number of para-hydroxylation sites is 4. The molecule has 0 amide bonds. The van der Waals surface area contributed by atoms with Gasteiger partial charge in [0, 0.05) is 49.3 Å². The quantitative estimate of drug-likeness (QED) is 0.165. The number of furan rings is 2. The van der Waals surface area contributed by atoms with E-state index >= 15 is 0 Å². The number of rotatable bonds is 6. The minimum absolute atomic E-state index is 0.506. The average Bonchev–Trinajstić information content (AvgIpc) is 4.04. The van der Waals surface area contributed by atoms with Gasteiger partial charge >= 0.3 is 0 Å². The van der Waals surface area contributed by atoms with E-state index < -0.39 is 0 Å². The molecule has 8 aromatic carbocycles. The molecule has 0 saturated heterocycles. The zero-order valence-corrected chi connectivity index (χ0v) is 33.5. The Morgan fingerprint density at radius 1 is 0.397 bits per heavy atom. The number of benzene rings is 8. The van der Waals surface area contributed by atoms with Crippen LogP contribution in [0.3, 0.4) is 0 Å². The van der Waals surface area contributed by atoms with E-state index in [1.807, 2.05) is 72.9 Å². The standard InChI is InChI=1S/C55H32N6O2/c1-3-13-33(14-4-1)34-15-9-16-36(29-34)53-58-54(43-23-12-26-48-49(43)42-19-7-8-25-47(42)62-48)60-55(59-53)44-24-11-22-40-39-21-10-20-38(51(39)63-52(40)44)35-27-28-41-45(30-35)61(37-17-5-2-6-18-37)46-31-56-32-57-50(41)46/h1-32H. The highest BCUT2D eigenvalue weighted by Gasteiger charge is 2.22. The van der Waals surface area contributed by atoms with Crippen LogP contribution >= 0.6 is 0 Å². The summed E-state index contributed by atoms with van der Waals surface area (Å²) in [5.74, 6) is 1.60. The average molecular weight is 809 g/mol. The number of aromatic nitrogens is 6. The molecule has 5 aromatic heterocycles. The molecular weight excluding hydrogens is 777 g/mol. The lowest BCUT2D eigenvalue weighted by molar-refractivity contribution is 0.669. The molecule has 0 fully saturated rings. The summed E-state index contributed by atoms with van der Waals surface area (Å²) >= 11 is 0. The van der Waals surface area contributed by atoms with Crippen LogP contribution in [0.15, 0.2) is 203 Å². The molecule has 5 heterocycles. The van der Waals surface area contributed by atoms with Crippen LogP contribution < -0.4 is 0 Å². The second-order valence-electron chi connectivity index (χ2n) is 15.7. The molecule has 0 spiro atoms. The molecular formula is C55H32N6O2. The van der Waals surface area contributed by atoms with Crippen LogP contribution in [0.4, 0.5) is 0 Å². The fraction of sp³-hybridized carbons (Fsp3) is 0. The van der Waals surface area contributed by atoms with E-state index in [4.69, 9.17) is 28.8 Å². The van der Waals surface area contributed by atoms with Gasteiger partial charge in [-0.25, -0.2) is 24.9 Å². The highest BCUT2D eigenvalue weighted by molar-refractivity contribution is 6.15. The number of fused-ring (bicyclic) bond motifs is 9. The van der Waals surface area contributed by atoms with Crippen molar-refractivity contribution < 1.29 is 8.83 Å². The van der Waals surface area contributed by atoms with Gasteiger partial charge in [-0.1, -0.05) is 133 Å². The first-order valence-electron chi connectivity index (χ1n) is 20.8. The molecule has 0 N–H and O–H groups in total. The zero-order valence-electron chi connectivity index (χ0n) is 33.5. The maximum absolute atomic E-state index is 7.05. The number of hydrogen-bond donors (Lipinski definition) is 0. The second kappa shape index (κ2) is 13.9. The Labute approximate surface area is 359 Å². The predicted octanol–water partition coefficient (Wildman–Crippen LogP) is 13.9. The molecule has 0 unspecified atom stereocenters. The monoisotopic (exact) mass is 808 g/mol. The van der Waals surface area contributed by atoms with Crippen molar-refractivity contribution >= 4 is 65.8 Å². The van der Waals surface area contributed by atoms with Gasteiger partial charge in [0.25, 0.3) is 0 Å². The zero-order chi connectivity index (χ0) is 41.4. The first kappa shape index (κ1) is 35.0. The Morgan fingerprint density at radius 2 is 1.03 bits per heavy atom. The minimum Gasteiger partial charge on any atom is -0.456 e. The van der Waals surface area contributed by atoms with Gasteiger partial charge < -0.3 is 13.4 Å². The van der Waals surface area contributed by atoms with Gasteiger partial charge in [0.1, 0.15) is 28.7 Å². The summed E-state index contributed by atoms with van der Waals surface area (Å²) in [7, 11) is 0. The largest absolute Gasteiger partial charge is 0.456 e. The molecule has 0 saturated carbocycles. The molecule has 13 rings (SSSR count). The van der Waals surface area contributed by atoms with E-state index in [1.165, 1.54) is 0 Å². The maximum Gasteiger partial charge on any atom is 0.167 e. The van der Waals surface area contributed by atoms with Gasteiger partial charge in [-0.15, -0.1) is 0 Å². The molecule has 13 aromatic rings. The number of hydrogen-bond acceptors (Lipinski definition) is 7. The summed E-state index contributed by atoms with van der Waals surface area (Å²) in [6.45, 7) is 0. The summed E-state index contributed by atoms with van der Waals surface area (Å²) in [5.41, 5.74) is 13.6.